The van der Waals surface area contributed by atoms with Crippen LogP contribution in [0.4, 0.5) is 11.5 Å². The fourth-order valence-electron chi connectivity index (χ4n) is 2.77. The molecule has 0 saturated carbocycles. The number of benzene rings is 2. The molecule has 5 nitrogen and oxygen atoms in total. The van der Waals surface area contributed by atoms with Gasteiger partial charge in [-0.1, -0.05) is 30.3 Å². The fraction of sp³-hybridized carbons (Fsp3) is 0.0476. The number of nitrogen functional groups attached to an aromatic ring is 1. The third-order valence-electron chi connectivity index (χ3n) is 4.05. The molecule has 0 amide bonds. The Balaban J connectivity index is 1.55. The predicted octanol–water partition coefficient (Wildman–Crippen LogP) is 4.62. The van der Waals surface area contributed by atoms with Crippen LogP contribution in [0.25, 0.3) is 10.8 Å². The Morgan fingerprint density at radius 2 is 1.69 bits per heavy atom. The van der Waals surface area contributed by atoms with Gasteiger partial charge in [-0.05, 0) is 30.3 Å². The zero-order valence-electron chi connectivity index (χ0n) is 14.1. The van der Waals surface area contributed by atoms with E-state index in [1.165, 1.54) is 0 Å². The van der Waals surface area contributed by atoms with Crippen molar-refractivity contribution in [2.24, 2.45) is 0 Å². The number of rotatable bonds is 5. The lowest BCUT2D eigenvalue weighted by Gasteiger charge is -2.12. The topological polar surface area (TPSA) is 73.1 Å². The highest BCUT2D eigenvalue weighted by Crippen LogP contribution is 2.33. The number of hydrogen-bond acceptors (Lipinski definition) is 5. The minimum atomic E-state index is 0.599. The average molecular weight is 342 g/mol. The minimum Gasteiger partial charge on any atom is -0.457 e. The number of nitrogens with one attached hydrogen (secondary N) is 1. The third-order valence-corrected chi connectivity index (χ3v) is 4.05. The van der Waals surface area contributed by atoms with E-state index in [1.54, 1.807) is 12.4 Å². The normalized spacial score (nSPS) is 10.6. The van der Waals surface area contributed by atoms with Crippen LogP contribution in [-0.2, 0) is 6.54 Å². The number of fused-ring (bicyclic) bond motifs is 1. The molecule has 0 bridgehead atoms. The molecule has 0 aliphatic rings. The van der Waals surface area contributed by atoms with Crippen LogP contribution in [0.3, 0.4) is 0 Å². The van der Waals surface area contributed by atoms with E-state index in [9.17, 15) is 0 Å². The first-order chi connectivity index (χ1) is 12.8. The lowest BCUT2D eigenvalue weighted by Crippen LogP contribution is -2.02. The van der Waals surface area contributed by atoms with Gasteiger partial charge in [0, 0.05) is 34.9 Å². The van der Waals surface area contributed by atoms with Crippen LogP contribution in [0.1, 0.15) is 5.69 Å². The Labute approximate surface area is 151 Å². The molecule has 2 heterocycles. The summed E-state index contributed by atoms with van der Waals surface area (Å²) in [7, 11) is 0. The summed E-state index contributed by atoms with van der Waals surface area (Å²) < 4.78 is 6.09. The van der Waals surface area contributed by atoms with Crippen molar-refractivity contribution in [2.45, 2.75) is 6.54 Å². The van der Waals surface area contributed by atoms with E-state index in [0.717, 1.165) is 33.7 Å². The summed E-state index contributed by atoms with van der Waals surface area (Å²) in [5, 5.41) is 5.22. The molecule has 2 aromatic carbocycles. The van der Waals surface area contributed by atoms with Crippen molar-refractivity contribution in [3.63, 3.8) is 0 Å². The number of nitrogens with two attached hydrogens (primary N) is 1. The molecule has 5 heteroatoms. The van der Waals surface area contributed by atoms with Gasteiger partial charge in [0.25, 0.3) is 0 Å². The van der Waals surface area contributed by atoms with Crippen LogP contribution in [0, 0.1) is 0 Å². The summed E-state index contributed by atoms with van der Waals surface area (Å²) in [6.07, 6.45) is 3.49. The van der Waals surface area contributed by atoms with Crippen LogP contribution in [0.2, 0.25) is 0 Å². The van der Waals surface area contributed by atoms with E-state index in [2.05, 4.69) is 15.3 Å². The van der Waals surface area contributed by atoms with E-state index in [0.29, 0.717) is 12.3 Å². The van der Waals surface area contributed by atoms with Crippen LogP contribution >= 0.6 is 0 Å². The standard InChI is InChI=1S/C21H18N4O/c22-19-8-9-20(18-7-2-1-6-17(18)19)26-16-10-12-24-21(13-16)25-14-15-5-3-4-11-23-15/h1-13H,14,22H2,(H,24,25). The Morgan fingerprint density at radius 1 is 0.846 bits per heavy atom. The maximum absolute atomic E-state index is 6.09. The molecule has 0 unspecified atom stereocenters. The van der Waals surface area contributed by atoms with Gasteiger partial charge in [0.2, 0.25) is 0 Å². The van der Waals surface area contributed by atoms with Gasteiger partial charge >= 0.3 is 0 Å². The number of pyridine rings is 2. The van der Waals surface area contributed by atoms with Crippen molar-refractivity contribution in [2.75, 3.05) is 11.1 Å². The molecule has 0 aliphatic carbocycles. The van der Waals surface area contributed by atoms with E-state index in [-0.39, 0.29) is 0 Å². The van der Waals surface area contributed by atoms with Crippen LogP contribution in [0.15, 0.2) is 79.1 Å². The molecule has 0 aliphatic heterocycles. The first kappa shape index (κ1) is 15.9. The maximum Gasteiger partial charge on any atom is 0.135 e. The maximum atomic E-state index is 6.09. The highest BCUT2D eigenvalue weighted by molar-refractivity contribution is 5.97. The number of nitrogens with zero attached hydrogens (tertiary/aromatic N) is 2. The van der Waals surface area contributed by atoms with Crippen LogP contribution in [-0.4, -0.2) is 9.97 Å². The third kappa shape index (κ3) is 3.42. The molecule has 0 spiro atoms. The van der Waals surface area contributed by atoms with Gasteiger partial charge in [0.15, 0.2) is 0 Å². The Bertz CT molecular complexity index is 1030. The number of anilines is 2. The zero-order chi connectivity index (χ0) is 17.8. The smallest absolute Gasteiger partial charge is 0.135 e. The summed E-state index contributed by atoms with van der Waals surface area (Å²) in [5.41, 5.74) is 7.74. The quantitative estimate of drug-likeness (QED) is 0.518. The summed E-state index contributed by atoms with van der Waals surface area (Å²) in [4.78, 5) is 8.63. The average Bonchev–Trinajstić information content (AvgIpc) is 2.70. The first-order valence-corrected chi connectivity index (χ1v) is 8.34. The summed E-state index contributed by atoms with van der Waals surface area (Å²) in [6, 6.07) is 21.2. The van der Waals surface area contributed by atoms with Crippen molar-refractivity contribution >= 4 is 22.3 Å². The van der Waals surface area contributed by atoms with E-state index < -0.39 is 0 Å². The lowest BCUT2D eigenvalue weighted by molar-refractivity contribution is 0.488. The van der Waals surface area contributed by atoms with Gasteiger partial charge in [-0.25, -0.2) is 4.98 Å². The van der Waals surface area contributed by atoms with Crippen molar-refractivity contribution in [3.8, 4) is 11.5 Å². The molecular formula is C21H18N4O. The Morgan fingerprint density at radius 3 is 2.54 bits per heavy atom. The van der Waals surface area contributed by atoms with Gasteiger partial charge in [0.05, 0.1) is 12.2 Å². The highest BCUT2D eigenvalue weighted by Gasteiger charge is 2.07. The minimum absolute atomic E-state index is 0.599. The molecule has 4 rings (SSSR count). The molecule has 0 radical (unpaired) electrons. The summed E-state index contributed by atoms with van der Waals surface area (Å²) >= 11 is 0. The van der Waals surface area contributed by atoms with E-state index in [4.69, 9.17) is 10.5 Å². The van der Waals surface area contributed by atoms with Crippen molar-refractivity contribution in [1.29, 1.82) is 0 Å². The SMILES string of the molecule is Nc1ccc(Oc2ccnc(NCc3ccccn3)c2)c2ccccc12. The molecular weight excluding hydrogens is 324 g/mol. The molecule has 3 N–H and O–H groups in total. The number of aromatic nitrogens is 2. The molecule has 26 heavy (non-hydrogen) atoms. The lowest BCUT2D eigenvalue weighted by atomic mass is 10.1. The number of hydrogen-bond donors (Lipinski definition) is 2. The molecule has 128 valence electrons. The predicted molar refractivity (Wildman–Crippen MR) is 104 cm³/mol. The van der Waals surface area contributed by atoms with Gasteiger partial charge < -0.3 is 15.8 Å². The monoisotopic (exact) mass is 342 g/mol. The highest BCUT2D eigenvalue weighted by atomic mass is 16.5. The summed E-state index contributed by atoms with van der Waals surface area (Å²) in [5.74, 6) is 2.20. The van der Waals surface area contributed by atoms with Crippen LogP contribution < -0.4 is 15.8 Å². The van der Waals surface area contributed by atoms with Crippen molar-refractivity contribution in [1.82, 2.24) is 9.97 Å². The largest absolute Gasteiger partial charge is 0.457 e. The Hall–Kier alpha value is -3.60. The zero-order valence-corrected chi connectivity index (χ0v) is 14.1. The second kappa shape index (κ2) is 7.11. The second-order valence-electron chi connectivity index (χ2n) is 5.85. The molecule has 0 saturated heterocycles. The van der Waals surface area contributed by atoms with Crippen LogP contribution in [0.5, 0.6) is 11.5 Å². The van der Waals surface area contributed by atoms with Gasteiger partial charge in [-0.3, -0.25) is 4.98 Å². The van der Waals surface area contributed by atoms with Gasteiger partial charge in [-0.15, -0.1) is 0 Å². The number of ether oxygens (including phenoxy) is 1. The molecule has 0 atom stereocenters. The van der Waals surface area contributed by atoms with E-state index in [1.807, 2.05) is 66.7 Å². The van der Waals surface area contributed by atoms with Gasteiger partial charge in [0.1, 0.15) is 17.3 Å². The van der Waals surface area contributed by atoms with Gasteiger partial charge in [-0.2, -0.15) is 0 Å². The first-order valence-electron chi connectivity index (χ1n) is 8.34. The van der Waals surface area contributed by atoms with Crippen molar-refractivity contribution < 1.29 is 4.74 Å². The molecule has 0 fully saturated rings. The second-order valence-corrected chi connectivity index (χ2v) is 5.85. The fourth-order valence-corrected chi connectivity index (χ4v) is 2.77. The van der Waals surface area contributed by atoms with Crippen molar-refractivity contribution in [3.05, 3.63) is 84.8 Å². The Kier molecular flexibility index (Phi) is 4.35. The summed E-state index contributed by atoms with van der Waals surface area (Å²) in [6.45, 7) is 0.599. The van der Waals surface area contributed by atoms with E-state index >= 15 is 0 Å². The molecule has 2 aromatic heterocycles. The molecule has 4 aromatic rings.